The first kappa shape index (κ1) is 22.0. The van der Waals surface area contributed by atoms with Crippen LogP contribution in [0.15, 0.2) is 0 Å². The third-order valence-corrected chi connectivity index (χ3v) is 7.08. The summed E-state index contributed by atoms with van der Waals surface area (Å²) in [7, 11) is 4.27. The second kappa shape index (κ2) is 13.4. The Bertz CT molecular complexity index is 234. The van der Waals surface area contributed by atoms with Crippen LogP contribution in [0.3, 0.4) is 0 Å². The summed E-state index contributed by atoms with van der Waals surface area (Å²) in [4.78, 5) is 9.75. The van der Waals surface area contributed by atoms with Crippen molar-refractivity contribution in [2.75, 3.05) is 25.2 Å². The van der Waals surface area contributed by atoms with Crippen molar-refractivity contribution in [3.63, 3.8) is 0 Å². The predicted molar refractivity (Wildman–Crippen MR) is 97.8 cm³/mol. The molecule has 0 amide bonds. The van der Waals surface area contributed by atoms with Gasteiger partial charge in [-0.15, -0.1) is 0 Å². The lowest BCUT2D eigenvalue weighted by Gasteiger charge is -2.32. The summed E-state index contributed by atoms with van der Waals surface area (Å²) in [6, 6.07) is 0.654. The van der Waals surface area contributed by atoms with E-state index in [9.17, 15) is 4.89 Å². The maximum Gasteiger partial charge on any atom is 0.256 e. The van der Waals surface area contributed by atoms with E-state index in [1.807, 2.05) is 33.2 Å². The maximum absolute atomic E-state index is 9.75. The lowest BCUT2D eigenvalue weighted by atomic mass is 10.3. The zero-order valence-corrected chi connectivity index (χ0v) is 16.8. The zero-order valence-electron chi connectivity index (χ0n) is 14.2. The van der Waals surface area contributed by atoms with Crippen LogP contribution in [-0.2, 0) is 9.26 Å². The molecule has 21 heavy (non-hydrogen) atoms. The lowest BCUT2D eigenvalue weighted by molar-refractivity contribution is 0.120. The summed E-state index contributed by atoms with van der Waals surface area (Å²) >= 11 is 0. The molecule has 1 heterocycles. The van der Waals surface area contributed by atoms with E-state index in [1.54, 1.807) is 7.11 Å². The molecule has 1 N–H and O–H groups in total. The highest BCUT2D eigenvalue weighted by atomic mass is 33.1. The first-order chi connectivity index (χ1) is 9.93. The fourth-order valence-electron chi connectivity index (χ4n) is 1.86. The van der Waals surface area contributed by atoms with Crippen molar-refractivity contribution in [3.05, 3.63) is 0 Å². The largest absolute Gasteiger partial charge is 0.381 e. The predicted octanol–water partition coefficient (Wildman–Crippen LogP) is 4.54. The summed E-state index contributed by atoms with van der Waals surface area (Å²) in [6.07, 6.45) is 2.71. The number of hydrogen-bond donors (Lipinski definition) is 1. The Labute approximate surface area is 140 Å². The van der Waals surface area contributed by atoms with Crippen LogP contribution < -0.4 is 0 Å². The van der Waals surface area contributed by atoms with E-state index in [2.05, 4.69) is 27.7 Å². The van der Waals surface area contributed by atoms with Crippen molar-refractivity contribution in [3.8, 4) is 0 Å². The molecule has 128 valence electrons. The second-order valence-electron chi connectivity index (χ2n) is 5.41. The lowest BCUT2D eigenvalue weighted by Crippen LogP contribution is -2.32. The first-order valence-electron chi connectivity index (χ1n) is 7.61. The van der Waals surface area contributed by atoms with Crippen LogP contribution >= 0.6 is 30.1 Å². The van der Waals surface area contributed by atoms with Crippen molar-refractivity contribution < 1.29 is 14.2 Å². The van der Waals surface area contributed by atoms with Gasteiger partial charge in [-0.3, -0.25) is 0 Å². The molecule has 0 saturated carbocycles. The molecule has 0 bridgehead atoms. The Balaban J connectivity index is 0.000000423. The van der Waals surface area contributed by atoms with Gasteiger partial charge in [0.2, 0.25) is 0 Å². The molecule has 0 spiro atoms. The van der Waals surface area contributed by atoms with Crippen LogP contribution in [0.5, 0.6) is 0 Å². The molecule has 0 aromatic carbocycles. The standard InChI is InChI=1S/C9H22NO2P.C5H10OS2/c1-6-7-12-13(11)10(8(2)3)9(4)5;1-6-5-2-3-7-8-4-5/h8-9,11H,6-7H2,1-5H3;5H,2-4H2,1H3. The van der Waals surface area contributed by atoms with E-state index in [4.69, 9.17) is 9.26 Å². The summed E-state index contributed by atoms with van der Waals surface area (Å²) in [5.41, 5.74) is 0. The summed E-state index contributed by atoms with van der Waals surface area (Å²) in [5, 5.41) is 0. The third-order valence-electron chi connectivity index (χ3n) is 2.86. The fourth-order valence-corrected chi connectivity index (χ4v) is 5.55. The van der Waals surface area contributed by atoms with Crippen molar-refractivity contribution in [2.45, 2.75) is 65.6 Å². The van der Waals surface area contributed by atoms with Crippen LogP contribution in [0.25, 0.3) is 0 Å². The molecule has 1 fully saturated rings. The van der Waals surface area contributed by atoms with Gasteiger partial charge < -0.3 is 14.2 Å². The maximum atomic E-state index is 9.75. The first-order valence-corrected chi connectivity index (χ1v) is 11.3. The minimum atomic E-state index is -1.40. The number of nitrogens with zero attached hydrogens (tertiary/aromatic N) is 1. The van der Waals surface area contributed by atoms with E-state index in [0.29, 0.717) is 24.8 Å². The highest BCUT2D eigenvalue weighted by Gasteiger charge is 2.23. The molecule has 7 heteroatoms. The van der Waals surface area contributed by atoms with E-state index in [0.717, 1.165) is 6.42 Å². The Hall–Kier alpha value is 0.970. The SMILES string of the molecule is CCCOP(O)N(C(C)C)C(C)C.COC1CCSSC1. The zero-order chi connectivity index (χ0) is 16.3. The van der Waals surface area contributed by atoms with Gasteiger partial charge in [0.15, 0.2) is 0 Å². The van der Waals surface area contributed by atoms with Crippen LogP contribution in [0, 0.1) is 0 Å². The van der Waals surface area contributed by atoms with E-state index >= 15 is 0 Å². The third kappa shape index (κ3) is 10.4. The van der Waals surface area contributed by atoms with Crippen LogP contribution in [0.4, 0.5) is 0 Å². The van der Waals surface area contributed by atoms with Gasteiger partial charge in [-0.25, -0.2) is 4.67 Å². The average Bonchev–Trinajstić information content (AvgIpc) is 2.46. The molecule has 2 atom stereocenters. The van der Waals surface area contributed by atoms with Gasteiger partial charge in [0, 0.05) is 30.7 Å². The van der Waals surface area contributed by atoms with Gasteiger partial charge in [-0.05, 0) is 40.5 Å². The molecule has 2 unspecified atom stereocenters. The van der Waals surface area contributed by atoms with Gasteiger partial charge in [0.25, 0.3) is 8.53 Å². The van der Waals surface area contributed by atoms with Gasteiger partial charge in [-0.1, -0.05) is 28.5 Å². The topological polar surface area (TPSA) is 41.9 Å². The molecule has 1 saturated heterocycles. The number of rotatable bonds is 7. The van der Waals surface area contributed by atoms with Gasteiger partial charge in [0.05, 0.1) is 12.7 Å². The second-order valence-corrected chi connectivity index (χ2v) is 9.26. The minimum absolute atomic E-state index is 0.327. The van der Waals surface area contributed by atoms with Gasteiger partial charge >= 0.3 is 0 Å². The van der Waals surface area contributed by atoms with E-state index in [-0.39, 0.29) is 0 Å². The highest BCUT2D eigenvalue weighted by molar-refractivity contribution is 8.76. The number of ether oxygens (including phenoxy) is 1. The molecule has 0 aromatic heterocycles. The van der Waals surface area contributed by atoms with Crippen molar-refractivity contribution >= 4 is 30.1 Å². The van der Waals surface area contributed by atoms with Crippen LogP contribution in [0.1, 0.15) is 47.5 Å². The van der Waals surface area contributed by atoms with Gasteiger partial charge in [-0.2, -0.15) is 0 Å². The number of hydrogen-bond acceptors (Lipinski definition) is 6. The van der Waals surface area contributed by atoms with Crippen LogP contribution in [-0.4, -0.2) is 53.0 Å². The number of methoxy groups -OCH3 is 1. The average molecular weight is 358 g/mol. The van der Waals surface area contributed by atoms with Crippen LogP contribution in [0.2, 0.25) is 0 Å². The minimum Gasteiger partial charge on any atom is -0.381 e. The molecule has 1 rings (SSSR count). The summed E-state index contributed by atoms with van der Waals surface area (Å²) in [6.45, 7) is 11.0. The molecular weight excluding hydrogens is 325 g/mol. The van der Waals surface area contributed by atoms with Gasteiger partial charge in [0.1, 0.15) is 0 Å². The Kier molecular flexibility index (Phi) is 14.0. The molecule has 1 aliphatic rings. The molecule has 0 aliphatic carbocycles. The quantitative estimate of drug-likeness (QED) is 0.533. The molecule has 1 aliphatic heterocycles. The van der Waals surface area contributed by atoms with E-state index in [1.165, 1.54) is 17.9 Å². The molecule has 4 nitrogen and oxygen atoms in total. The summed E-state index contributed by atoms with van der Waals surface area (Å²) in [5.74, 6) is 2.42. The highest BCUT2D eigenvalue weighted by Crippen LogP contribution is 2.40. The Morgan fingerprint density at radius 3 is 2.19 bits per heavy atom. The van der Waals surface area contributed by atoms with Crippen molar-refractivity contribution in [2.24, 2.45) is 0 Å². The summed E-state index contributed by atoms with van der Waals surface area (Å²) < 4.78 is 12.5. The van der Waals surface area contributed by atoms with Crippen molar-refractivity contribution in [1.29, 1.82) is 0 Å². The molecule has 0 aromatic rings. The Morgan fingerprint density at radius 1 is 1.24 bits per heavy atom. The Morgan fingerprint density at radius 2 is 1.86 bits per heavy atom. The monoisotopic (exact) mass is 357 g/mol. The van der Waals surface area contributed by atoms with E-state index < -0.39 is 8.53 Å². The normalized spacial score (nSPS) is 20.6. The smallest absolute Gasteiger partial charge is 0.256 e. The fraction of sp³-hybridized carbons (Fsp3) is 1.00. The molecule has 0 radical (unpaired) electrons. The molecular formula is C14H32NO3PS2. The van der Waals surface area contributed by atoms with Crippen molar-refractivity contribution in [1.82, 2.24) is 4.67 Å².